The topological polar surface area (TPSA) is 73.4 Å². The molecular weight excluding hydrogens is 531 g/mol. The lowest BCUT2D eigenvalue weighted by atomic mass is 10.1. The van der Waals surface area contributed by atoms with E-state index in [0.717, 1.165) is 49.5 Å². The SMILES string of the molecule is Cc1ccc(NC(=O)c2ccc(CN3CCN(C)CC3)cc2)cc1Nc1nccc(-c2cc(Cl)cc(Cl)c2)n1. The summed E-state index contributed by atoms with van der Waals surface area (Å²) in [6.07, 6.45) is 1.67. The molecule has 1 aliphatic rings. The molecule has 1 amide bonds. The van der Waals surface area contributed by atoms with Gasteiger partial charge in [0.25, 0.3) is 5.91 Å². The fourth-order valence-electron chi connectivity index (χ4n) is 4.47. The Morgan fingerprint density at radius 3 is 2.36 bits per heavy atom. The van der Waals surface area contributed by atoms with Crippen LogP contribution in [0.25, 0.3) is 11.3 Å². The minimum atomic E-state index is -0.160. The van der Waals surface area contributed by atoms with Crippen LogP contribution < -0.4 is 10.6 Å². The number of anilines is 3. The summed E-state index contributed by atoms with van der Waals surface area (Å²) in [5.41, 5.74) is 5.76. The fraction of sp³-hybridized carbons (Fsp3) is 0.233. The normalized spacial score (nSPS) is 14.3. The van der Waals surface area contributed by atoms with Gasteiger partial charge in [0.05, 0.1) is 5.69 Å². The van der Waals surface area contributed by atoms with Crippen LogP contribution in [0.3, 0.4) is 0 Å². The first-order chi connectivity index (χ1) is 18.8. The van der Waals surface area contributed by atoms with Crippen LogP contribution in [0.1, 0.15) is 21.5 Å². The van der Waals surface area contributed by atoms with Crippen molar-refractivity contribution in [2.45, 2.75) is 13.5 Å². The molecule has 0 unspecified atom stereocenters. The van der Waals surface area contributed by atoms with Gasteiger partial charge in [-0.25, -0.2) is 9.97 Å². The van der Waals surface area contributed by atoms with Crippen molar-refractivity contribution in [1.29, 1.82) is 0 Å². The molecule has 3 aromatic carbocycles. The summed E-state index contributed by atoms with van der Waals surface area (Å²) < 4.78 is 0. The number of piperazine rings is 1. The molecule has 0 bridgehead atoms. The Kier molecular flexibility index (Phi) is 8.43. The molecule has 2 heterocycles. The van der Waals surface area contributed by atoms with E-state index in [-0.39, 0.29) is 5.91 Å². The highest BCUT2D eigenvalue weighted by atomic mass is 35.5. The number of hydrogen-bond donors (Lipinski definition) is 2. The number of carbonyl (C=O) groups is 1. The number of hydrogen-bond acceptors (Lipinski definition) is 6. The van der Waals surface area contributed by atoms with Gasteiger partial charge in [0, 0.05) is 71.5 Å². The lowest BCUT2D eigenvalue weighted by Crippen LogP contribution is -2.43. The highest BCUT2D eigenvalue weighted by Crippen LogP contribution is 2.28. The molecule has 1 fully saturated rings. The van der Waals surface area contributed by atoms with Crippen molar-refractivity contribution < 1.29 is 4.79 Å². The highest BCUT2D eigenvalue weighted by Gasteiger charge is 2.15. The molecule has 2 N–H and O–H groups in total. The van der Waals surface area contributed by atoms with Crippen LogP contribution in [0.15, 0.2) is 72.9 Å². The Balaban J connectivity index is 1.25. The minimum Gasteiger partial charge on any atom is -0.324 e. The Labute approximate surface area is 238 Å². The van der Waals surface area contributed by atoms with Crippen LogP contribution in [0, 0.1) is 6.92 Å². The van der Waals surface area contributed by atoms with Crippen molar-refractivity contribution in [3.8, 4) is 11.3 Å². The van der Waals surface area contributed by atoms with Crippen molar-refractivity contribution >= 4 is 46.4 Å². The number of benzene rings is 3. The number of halogens is 2. The number of nitrogens with zero attached hydrogens (tertiary/aromatic N) is 4. The maximum Gasteiger partial charge on any atom is 0.255 e. The van der Waals surface area contributed by atoms with E-state index in [0.29, 0.717) is 32.9 Å². The second-order valence-electron chi connectivity index (χ2n) is 9.81. The van der Waals surface area contributed by atoms with E-state index >= 15 is 0 Å². The first-order valence-electron chi connectivity index (χ1n) is 12.8. The largest absolute Gasteiger partial charge is 0.324 e. The van der Waals surface area contributed by atoms with Crippen LogP contribution in [0.2, 0.25) is 10.0 Å². The molecule has 0 radical (unpaired) electrons. The quantitative estimate of drug-likeness (QED) is 0.268. The molecule has 9 heteroatoms. The first-order valence-corrected chi connectivity index (χ1v) is 13.6. The molecule has 0 saturated carbocycles. The van der Waals surface area contributed by atoms with E-state index in [2.05, 4.69) is 37.4 Å². The highest BCUT2D eigenvalue weighted by molar-refractivity contribution is 6.35. The van der Waals surface area contributed by atoms with E-state index in [1.165, 1.54) is 5.56 Å². The zero-order valence-electron chi connectivity index (χ0n) is 21.9. The fourth-order valence-corrected chi connectivity index (χ4v) is 4.99. The van der Waals surface area contributed by atoms with Gasteiger partial charge in [-0.05, 0) is 73.6 Å². The third-order valence-electron chi connectivity index (χ3n) is 6.77. The number of aryl methyl sites for hydroxylation is 1. The molecule has 7 nitrogen and oxygen atoms in total. The molecular formula is C30H30Cl2N6O. The molecule has 1 saturated heterocycles. The smallest absolute Gasteiger partial charge is 0.255 e. The summed E-state index contributed by atoms with van der Waals surface area (Å²) in [5, 5.41) is 7.34. The number of amides is 1. The third kappa shape index (κ3) is 7.13. The van der Waals surface area contributed by atoms with Gasteiger partial charge in [0.2, 0.25) is 5.95 Å². The average Bonchev–Trinajstić information content (AvgIpc) is 2.92. The molecule has 1 aromatic heterocycles. The summed E-state index contributed by atoms with van der Waals surface area (Å²) in [6, 6.07) is 20.6. The van der Waals surface area contributed by atoms with E-state index < -0.39 is 0 Å². The zero-order valence-corrected chi connectivity index (χ0v) is 23.4. The lowest BCUT2D eigenvalue weighted by Gasteiger charge is -2.32. The minimum absolute atomic E-state index is 0.160. The van der Waals surface area contributed by atoms with E-state index in [1.807, 2.05) is 49.4 Å². The van der Waals surface area contributed by atoms with Crippen LogP contribution in [-0.4, -0.2) is 58.9 Å². The Hall–Kier alpha value is -3.49. The van der Waals surface area contributed by atoms with Crippen LogP contribution in [0.5, 0.6) is 0 Å². The van der Waals surface area contributed by atoms with E-state index in [4.69, 9.17) is 23.2 Å². The van der Waals surface area contributed by atoms with Crippen molar-refractivity contribution in [2.24, 2.45) is 0 Å². The molecule has 0 aliphatic carbocycles. The number of nitrogens with one attached hydrogen (secondary N) is 2. The third-order valence-corrected chi connectivity index (χ3v) is 7.21. The molecule has 4 aromatic rings. The first kappa shape index (κ1) is 27.1. The molecule has 0 atom stereocenters. The van der Waals surface area contributed by atoms with Crippen molar-refractivity contribution in [3.63, 3.8) is 0 Å². The Morgan fingerprint density at radius 1 is 0.923 bits per heavy atom. The number of likely N-dealkylation sites (N-methyl/N-ethyl adjacent to an activating group) is 1. The summed E-state index contributed by atoms with van der Waals surface area (Å²) in [6.45, 7) is 7.17. The van der Waals surface area contributed by atoms with E-state index in [9.17, 15) is 4.79 Å². The van der Waals surface area contributed by atoms with Crippen LogP contribution in [-0.2, 0) is 6.54 Å². The molecule has 5 rings (SSSR count). The van der Waals surface area contributed by atoms with Gasteiger partial charge in [-0.3, -0.25) is 9.69 Å². The van der Waals surface area contributed by atoms with Gasteiger partial charge in [-0.1, -0.05) is 41.4 Å². The maximum absolute atomic E-state index is 13.0. The van der Waals surface area contributed by atoms with Crippen LogP contribution >= 0.6 is 23.2 Å². The van der Waals surface area contributed by atoms with Crippen molar-refractivity contribution in [1.82, 2.24) is 19.8 Å². The summed E-state index contributed by atoms with van der Waals surface area (Å²) in [5.74, 6) is 0.262. The lowest BCUT2D eigenvalue weighted by molar-refractivity contribution is 0.102. The van der Waals surface area contributed by atoms with Gasteiger partial charge in [-0.2, -0.15) is 0 Å². The summed E-state index contributed by atoms with van der Waals surface area (Å²) >= 11 is 12.3. The van der Waals surface area contributed by atoms with Gasteiger partial charge in [0.15, 0.2) is 0 Å². The Morgan fingerprint density at radius 2 is 1.64 bits per heavy atom. The Bertz CT molecular complexity index is 1450. The predicted octanol–water partition coefficient (Wildman–Crippen LogP) is 6.50. The van der Waals surface area contributed by atoms with Crippen molar-refractivity contribution in [2.75, 3.05) is 43.9 Å². The summed E-state index contributed by atoms with van der Waals surface area (Å²) in [4.78, 5) is 26.7. The second-order valence-corrected chi connectivity index (χ2v) is 10.7. The van der Waals surface area contributed by atoms with Crippen LogP contribution in [0.4, 0.5) is 17.3 Å². The molecule has 39 heavy (non-hydrogen) atoms. The number of carbonyl (C=O) groups excluding carboxylic acids is 1. The van der Waals surface area contributed by atoms with E-state index in [1.54, 1.807) is 30.5 Å². The van der Waals surface area contributed by atoms with Crippen molar-refractivity contribution in [3.05, 3.63) is 99.7 Å². The molecule has 200 valence electrons. The second kappa shape index (κ2) is 12.1. The van der Waals surface area contributed by atoms with Gasteiger partial charge >= 0.3 is 0 Å². The van der Waals surface area contributed by atoms with Gasteiger partial charge < -0.3 is 15.5 Å². The molecule has 1 aliphatic heterocycles. The molecule has 0 spiro atoms. The standard InChI is InChI=1S/C30H30Cl2N6O/c1-20-3-8-26(34-29(39)22-6-4-21(5-7-22)19-38-13-11-37(2)12-14-38)18-28(20)36-30-33-10-9-27(35-30)23-15-24(31)17-25(32)16-23/h3-10,15-18H,11-14,19H2,1-2H3,(H,34,39)(H,33,35,36). The zero-order chi connectivity index (χ0) is 27.4. The number of aromatic nitrogens is 2. The van der Waals surface area contributed by atoms with Gasteiger partial charge in [-0.15, -0.1) is 0 Å². The maximum atomic E-state index is 13.0. The number of rotatable bonds is 7. The predicted molar refractivity (Wildman–Crippen MR) is 159 cm³/mol. The summed E-state index contributed by atoms with van der Waals surface area (Å²) in [7, 11) is 2.16. The monoisotopic (exact) mass is 560 g/mol. The average molecular weight is 562 g/mol. The van der Waals surface area contributed by atoms with Gasteiger partial charge in [0.1, 0.15) is 0 Å².